The third-order valence-corrected chi connectivity index (χ3v) is 4.82. The second-order valence-corrected chi connectivity index (χ2v) is 6.38. The van der Waals surface area contributed by atoms with E-state index in [1.165, 1.54) is 0 Å². The Balaban J connectivity index is 1.70. The molecule has 0 aromatic heterocycles. The highest BCUT2D eigenvalue weighted by Crippen LogP contribution is 2.39. The normalized spacial score (nSPS) is 28.3. The molecular weight excluding hydrogens is 281 g/mol. The van der Waals surface area contributed by atoms with Crippen LogP contribution in [-0.2, 0) is 4.79 Å². The molecule has 2 aliphatic rings. The van der Waals surface area contributed by atoms with E-state index in [9.17, 15) is 18.0 Å². The minimum atomic E-state index is -4.16. The van der Waals surface area contributed by atoms with Gasteiger partial charge in [0.2, 0.25) is 5.91 Å². The van der Waals surface area contributed by atoms with Gasteiger partial charge in [0, 0.05) is 12.5 Å². The minimum absolute atomic E-state index is 0.0390. The first-order valence-corrected chi connectivity index (χ1v) is 8.02. The van der Waals surface area contributed by atoms with Crippen LogP contribution in [0.25, 0.3) is 0 Å². The lowest BCUT2D eigenvalue weighted by atomic mass is 9.80. The number of rotatable bonds is 4. The van der Waals surface area contributed by atoms with Crippen LogP contribution in [-0.4, -0.2) is 31.7 Å². The van der Waals surface area contributed by atoms with Crippen LogP contribution in [0.1, 0.15) is 44.9 Å². The summed E-state index contributed by atoms with van der Waals surface area (Å²) in [5, 5.41) is 6.14. The lowest BCUT2D eigenvalue weighted by molar-refractivity contribution is -0.186. The molecule has 1 amide bonds. The van der Waals surface area contributed by atoms with Gasteiger partial charge in [-0.2, -0.15) is 13.2 Å². The first-order valence-electron chi connectivity index (χ1n) is 8.02. The van der Waals surface area contributed by atoms with Crippen LogP contribution in [0.2, 0.25) is 0 Å². The molecule has 0 spiro atoms. The maximum absolute atomic E-state index is 12.7. The zero-order valence-corrected chi connectivity index (χ0v) is 12.3. The summed E-state index contributed by atoms with van der Waals surface area (Å²) in [4.78, 5) is 12.0. The van der Waals surface area contributed by atoms with Crippen molar-refractivity contribution >= 4 is 5.91 Å². The predicted molar refractivity (Wildman–Crippen MR) is 74.7 cm³/mol. The van der Waals surface area contributed by atoms with Crippen LogP contribution in [0.5, 0.6) is 0 Å². The summed E-state index contributed by atoms with van der Waals surface area (Å²) in [6, 6.07) is 0. The summed E-state index contributed by atoms with van der Waals surface area (Å²) in [6.45, 7) is 2.64. The van der Waals surface area contributed by atoms with Gasteiger partial charge in [0.15, 0.2) is 0 Å². The molecule has 1 aliphatic carbocycles. The second-order valence-electron chi connectivity index (χ2n) is 6.38. The monoisotopic (exact) mass is 306 g/mol. The van der Waals surface area contributed by atoms with Crippen LogP contribution in [0, 0.1) is 17.8 Å². The Bertz CT molecular complexity index is 340. The summed E-state index contributed by atoms with van der Waals surface area (Å²) >= 11 is 0. The number of alkyl halides is 3. The van der Waals surface area contributed by atoms with Gasteiger partial charge in [0.1, 0.15) is 0 Å². The molecule has 1 aliphatic heterocycles. The summed E-state index contributed by atoms with van der Waals surface area (Å²) in [7, 11) is 0. The van der Waals surface area contributed by atoms with Gasteiger partial charge in [-0.25, -0.2) is 0 Å². The lowest BCUT2D eigenvalue weighted by Crippen LogP contribution is -2.38. The van der Waals surface area contributed by atoms with Crippen molar-refractivity contribution in [2.45, 2.75) is 51.1 Å². The molecule has 122 valence electrons. The van der Waals surface area contributed by atoms with Crippen LogP contribution >= 0.6 is 0 Å². The molecule has 2 N–H and O–H groups in total. The van der Waals surface area contributed by atoms with Gasteiger partial charge in [-0.15, -0.1) is 0 Å². The number of nitrogens with one attached hydrogen (secondary N) is 2. The zero-order chi connectivity index (χ0) is 15.3. The van der Waals surface area contributed by atoms with Crippen molar-refractivity contribution in [3.63, 3.8) is 0 Å². The lowest BCUT2D eigenvalue weighted by Gasteiger charge is -2.30. The van der Waals surface area contributed by atoms with Gasteiger partial charge in [-0.3, -0.25) is 4.79 Å². The first-order chi connectivity index (χ1) is 9.97. The van der Waals surface area contributed by atoms with Crippen LogP contribution < -0.4 is 10.6 Å². The van der Waals surface area contributed by atoms with Gasteiger partial charge in [0.05, 0.1) is 5.92 Å². The van der Waals surface area contributed by atoms with Gasteiger partial charge in [-0.05, 0) is 57.5 Å². The summed E-state index contributed by atoms with van der Waals surface area (Å²) in [5.41, 5.74) is 0. The highest BCUT2D eigenvalue weighted by molar-refractivity contribution is 5.78. The molecule has 3 nitrogen and oxygen atoms in total. The number of hydrogen-bond acceptors (Lipinski definition) is 2. The Morgan fingerprint density at radius 1 is 1.14 bits per heavy atom. The highest BCUT2D eigenvalue weighted by Gasteiger charge is 2.43. The van der Waals surface area contributed by atoms with Crippen LogP contribution in [0.3, 0.4) is 0 Å². The van der Waals surface area contributed by atoms with E-state index in [-0.39, 0.29) is 18.7 Å². The number of halogens is 3. The Kier molecular flexibility index (Phi) is 5.90. The molecule has 0 bridgehead atoms. The molecule has 2 rings (SSSR count). The molecule has 2 atom stereocenters. The molecular formula is C15H25F3N2O. The van der Waals surface area contributed by atoms with Gasteiger partial charge >= 0.3 is 6.18 Å². The topological polar surface area (TPSA) is 41.1 Å². The molecule has 2 fully saturated rings. The second kappa shape index (κ2) is 7.47. The van der Waals surface area contributed by atoms with E-state index < -0.39 is 18.0 Å². The number of carbonyl (C=O) groups is 1. The predicted octanol–water partition coefficient (Wildman–Crippen LogP) is 2.86. The molecule has 2 unspecified atom stereocenters. The SMILES string of the molecule is O=C(NCCC1CCNCC1)C1CCCC(C(F)(F)F)C1. The summed E-state index contributed by atoms with van der Waals surface area (Å²) in [6.07, 6.45) is 0.231. The number of amides is 1. The molecule has 21 heavy (non-hydrogen) atoms. The van der Waals surface area contributed by atoms with Crippen molar-refractivity contribution in [1.29, 1.82) is 0 Å². The Morgan fingerprint density at radius 2 is 1.86 bits per heavy atom. The first kappa shape index (κ1) is 16.6. The van der Waals surface area contributed by atoms with E-state index in [1.807, 2.05) is 0 Å². The summed E-state index contributed by atoms with van der Waals surface area (Å²) in [5.74, 6) is -1.32. The molecule has 1 saturated carbocycles. The molecule has 0 radical (unpaired) electrons. The average molecular weight is 306 g/mol. The summed E-state index contributed by atoms with van der Waals surface area (Å²) < 4.78 is 38.2. The highest BCUT2D eigenvalue weighted by atomic mass is 19.4. The third kappa shape index (κ3) is 5.16. The van der Waals surface area contributed by atoms with E-state index in [2.05, 4.69) is 10.6 Å². The van der Waals surface area contributed by atoms with E-state index in [0.29, 0.717) is 25.3 Å². The minimum Gasteiger partial charge on any atom is -0.356 e. The molecule has 1 saturated heterocycles. The average Bonchev–Trinajstić information content (AvgIpc) is 2.47. The van der Waals surface area contributed by atoms with Crippen LogP contribution in [0.15, 0.2) is 0 Å². The standard InChI is InChI=1S/C15H25F3N2O/c16-15(17,18)13-3-1-2-12(10-13)14(21)20-9-6-11-4-7-19-8-5-11/h11-13,19H,1-10H2,(H,20,21). The molecule has 1 heterocycles. The van der Waals surface area contributed by atoms with Crippen molar-refractivity contribution in [2.75, 3.05) is 19.6 Å². The van der Waals surface area contributed by atoms with Gasteiger partial charge in [-0.1, -0.05) is 6.42 Å². The Labute approximate surface area is 124 Å². The fourth-order valence-corrected chi connectivity index (χ4v) is 3.44. The zero-order valence-electron chi connectivity index (χ0n) is 12.3. The van der Waals surface area contributed by atoms with E-state index in [4.69, 9.17) is 0 Å². The molecule has 6 heteroatoms. The fourth-order valence-electron chi connectivity index (χ4n) is 3.44. The van der Waals surface area contributed by atoms with E-state index in [1.54, 1.807) is 0 Å². The fraction of sp³-hybridized carbons (Fsp3) is 0.933. The van der Waals surface area contributed by atoms with Gasteiger partial charge < -0.3 is 10.6 Å². The maximum atomic E-state index is 12.7. The largest absolute Gasteiger partial charge is 0.391 e. The van der Waals surface area contributed by atoms with E-state index >= 15 is 0 Å². The van der Waals surface area contributed by atoms with Gasteiger partial charge in [0.25, 0.3) is 0 Å². The van der Waals surface area contributed by atoms with Crippen molar-refractivity contribution in [3.8, 4) is 0 Å². The number of piperidine rings is 1. The third-order valence-electron chi connectivity index (χ3n) is 4.82. The van der Waals surface area contributed by atoms with Crippen molar-refractivity contribution in [1.82, 2.24) is 10.6 Å². The molecule has 0 aromatic rings. The Morgan fingerprint density at radius 3 is 2.52 bits per heavy atom. The number of hydrogen-bond donors (Lipinski definition) is 2. The quantitative estimate of drug-likeness (QED) is 0.838. The molecule has 0 aromatic carbocycles. The maximum Gasteiger partial charge on any atom is 0.391 e. The van der Waals surface area contributed by atoms with E-state index in [0.717, 1.165) is 32.4 Å². The Hall–Kier alpha value is -0.780. The van der Waals surface area contributed by atoms with Crippen LogP contribution in [0.4, 0.5) is 13.2 Å². The number of carbonyl (C=O) groups excluding carboxylic acids is 1. The van der Waals surface area contributed by atoms with Crippen molar-refractivity contribution in [2.24, 2.45) is 17.8 Å². The smallest absolute Gasteiger partial charge is 0.356 e. The van der Waals surface area contributed by atoms with Crippen molar-refractivity contribution < 1.29 is 18.0 Å². The van der Waals surface area contributed by atoms with Crippen molar-refractivity contribution in [3.05, 3.63) is 0 Å².